The molecule has 0 aliphatic heterocycles. The molecule has 0 saturated heterocycles. The highest BCUT2D eigenvalue weighted by Gasteiger charge is 2.24. The summed E-state index contributed by atoms with van der Waals surface area (Å²) in [6, 6.07) is 0. The molecule has 2 N–H and O–H groups in total. The van der Waals surface area contributed by atoms with Crippen LogP contribution in [-0.4, -0.2) is 51.0 Å². The second-order valence-electron chi connectivity index (χ2n) is 2.47. The Kier molecular flexibility index (Phi) is 9.52. The molecule has 94 valence electrons. The molecule has 0 saturated carbocycles. The Hall–Kier alpha value is 0.300. The Morgan fingerprint density at radius 2 is 1.69 bits per heavy atom. The van der Waals surface area contributed by atoms with Gasteiger partial charge in [-0.15, -0.1) is 0 Å². The van der Waals surface area contributed by atoms with Crippen molar-refractivity contribution in [3.8, 4) is 0 Å². The van der Waals surface area contributed by atoms with E-state index in [2.05, 4.69) is 30.0 Å². The van der Waals surface area contributed by atoms with Gasteiger partial charge in [-0.25, -0.2) is 0 Å². The molecular formula is C7H12O5S4. The molecule has 0 spiro atoms. The van der Waals surface area contributed by atoms with Gasteiger partial charge in [0.2, 0.25) is 0 Å². The number of esters is 1. The molecule has 0 aliphatic carbocycles. The quantitative estimate of drug-likeness (QED) is 0.225. The summed E-state index contributed by atoms with van der Waals surface area (Å²) in [5.41, 5.74) is 0. The van der Waals surface area contributed by atoms with Crippen molar-refractivity contribution >= 4 is 58.8 Å². The average molecular weight is 304 g/mol. The third-order valence-electron chi connectivity index (χ3n) is 1.36. The number of carboxylic acids is 1. The molecule has 0 aromatic carbocycles. The standard InChI is InChI=1S/C7H12O5S4/c8-3-12-7(11)5(2-14)16-15-4(1-13)6(9)10/h4-5,8,13-14H,1-3H2,(H,9,10). The highest BCUT2D eigenvalue weighted by molar-refractivity contribution is 8.77. The predicted octanol–water partition coefficient (Wildman–Crippen LogP) is 0.542. The van der Waals surface area contributed by atoms with Gasteiger partial charge in [-0.3, -0.25) is 9.59 Å². The molecule has 2 unspecified atom stereocenters. The molecule has 5 nitrogen and oxygen atoms in total. The smallest absolute Gasteiger partial charge is 0.322 e. The van der Waals surface area contributed by atoms with Crippen molar-refractivity contribution in [2.24, 2.45) is 0 Å². The zero-order valence-electron chi connectivity index (χ0n) is 8.11. The number of carbonyl (C=O) groups excluding carboxylic acids is 1. The lowest BCUT2D eigenvalue weighted by Crippen LogP contribution is -2.23. The van der Waals surface area contributed by atoms with Crippen LogP contribution < -0.4 is 0 Å². The van der Waals surface area contributed by atoms with Crippen molar-refractivity contribution in [2.45, 2.75) is 10.5 Å². The molecule has 16 heavy (non-hydrogen) atoms. The topological polar surface area (TPSA) is 83.8 Å². The molecule has 0 amide bonds. The van der Waals surface area contributed by atoms with E-state index in [1.54, 1.807) is 0 Å². The number of ether oxygens (including phenoxy) is 1. The van der Waals surface area contributed by atoms with Gasteiger partial charge in [0.25, 0.3) is 0 Å². The minimum atomic E-state index is -0.985. The van der Waals surface area contributed by atoms with Crippen LogP contribution >= 0.6 is 46.8 Å². The predicted molar refractivity (Wildman–Crippen MR) is 71.3 cm³/mol. The van der Waals surface area contributed by atoms with Gasteiger partial charge in [-0.1, -0.05) is 21.6 Å². The molecule has 0 aromatic heterocycles. The van der Waals surface area contributed by atoms with Crippen molar-refractivity contribution in [3.63, 3.8) is 0 Å². The first-order valence-electron chi connectivity index (χ1n) is 4.11. The van der Waals surface area contributed by atoms with Gasteiger partial charge in [0, 0.05) is 11.5 Å². The highest BCUT2D eigenvalue weighted by Crippen LogP contribution is 2.33. The van der Waals surface area contributed by atoms with Crippen molar-refractivity contribution < 1.29 is 24.5 Å². The highest BCUT2D eigenvalue weighted by atomic mass is 33.1. The molecule has 0 heterocycles. The Morgan fingerprint density at radius 3 is 2.06 bits per heavy atom. The number of aliphatic hydroxyl groups is 1. The van der Waals surface area contributed by atoms with Crippen LogP contribution in [0.1, 0.15) is 0 Å². The van der Waals surface area contributed by atoms with Gasteiger partial charge < -0.3 is 14.9 Å². The van der Waals surface area contributed by atoms with Crippen molar-refractivity contribution in [2.75, 3.05) is 18.3 Å². The lowest BCUT2D eigenvalue weighted by molar-refractivity contribution is -0.150. The second-order valence-corrected chi connectivity index (χ2v) is 5.87. The summed E-state index contributed by atoms with van der Waals surface area (Å²) < 4.78 is 4.39. The summed E-state index contributed by atoms with van der Waals surface area (Å²) in [6.45, 7) is -0.691. The number of hydrogen-bond donors (Lipinski definition) is 4. The Morgan fingerprint density at radius 1 is 1.19 bits per heavy atom. The van der Waals surface area contributed by atoms with Crippen molar-refractivity contribution in [1.82, 2.24) is 0 Å². The van der Waals surface area contributed by atoms with E-state index in [0.717, 1.165) is 21.6 Å². The maximum Gasteiger partial charge on any atom is 0.322 e. The number of aliphatic carboxylic acids is 1. The summed E-state index contributed by atoms with van der Waals surface area (Å²) in [6.07, 6.45) is 0. The Balaban J connectivity index is 4.12. The van der Waals surface area contributed by atoms with Crippen LogP contribution in [0.2, 0.25) is 0 Å². The molecule has 0 aromatic rings. The van der Waals surface area contributed by atoms with Gasteiger partial charge in [-0.05, 0) is 0 Å². The summed E-state index contributed by atoms with van der Waals surface area (Å²) >= 11 is 7.84. The number of rotatable bonds is 8. The maximum absolute atomic E-state index is 11.2. The second kappa shape index (κ2) is 9.34. The first kappa shape index (κ1) is 16.3. The van der Waals surface area contributed by atoms with Gasteiger partial charge in [0.15, 0.2) is 6.79 Å². The zero-order valence-corrected chi connectivity index (χ0v) is 11.5. The third-order valence-corrected chi connectivity index (χ3v) is 5.62. The van der Waals surface area contributed by atoms with E-state index >= 15 is 0 Å². The molecule has 2 atom stereocenters. The average Bonchev–Trinajstić information content (AvgIpc) is 2.24. The number of carbonyl (C=O) groups is 2. The van der Waals surface area contributed by atoms with E-state index in [9.17, 15) is 9.59 Å². The monoisotopic (exact) mass is 304 g/mol. The van der Waals surface area contributed by atoms with Crippen LogP contribution in [0.15, 0.2) is 0 Å². The lowest BCUT2D eigenvalue weighted by Gasteiger charge is -2.14. The lowest BCUT2D eigenvalue weighted by atomic mass is 10.5. The van der Waals surface area contributed by atoms with Crippen LogP contribution in [0.4, 0.5) is 0 Å². The first-order chi connectivity index (χ1) is 7.56. The fourth-order valence-corrected chi connectivity index (χ4v) is 4.26. The molecule has 0 rings (SSSR count). The molecule has 0 bridgehead atoms. The van der Waals surface area contributed by atoms with E-state index in [4.69, 9.17) is 10.2 Å². The molecule has 0 aliphatic rings. The summed E-state index contributed by atoms with van der Waals surface area (Å²) in [5, 5.41) is 15.8. The van der Waals surface area contributed by atoms with Gasteiger partial charge >= 0.3 is 11.9 Å². The van der Waals surface area contributed by atoms with E-state index in [1.807, 2.05) is 0 Å². The van der Waals surface area contributed by atoms with Gasteiger partial charge in [0.05, 0.1) is 0 Å². The number of thiol groups is 2. The number of aliphatic hydroxyl groups excluding tert-OH is 1. The maximum atomic E-state index is 11.2. The summed E-state index contributed by atoms with van der Waals surface area (Å²) in [5.74, 6) is -1.23. The summed E-state index contributed by atoms with van der Waals surface area (Å²) in [7, 11) is 2.08. The SMILES string of the molecule is O=C(O)C(CS)SSC(CS)C(=O)OCO. The van der Waals surface area contributed by atoms with Crippen LogP contribution in [0.5, 0.6) is 0 Å². The Labute approximate surface area is 112 Å². The number of carboxylic acid groups (broad SMARTS) is 1. The van der Waals surface area contributed by atoms with E-state index < -0.39 is 29.2 Å². The Bertz CT molecular complexity index is 237. The van der Waals surface area contributed by atoms with E-state index in [1.165, 1.54) is 0 Å². The van der Waals surface area contributed by atoms with Crippen LogP contribution in [0, 0.1) is 0 Å². The molecule has 9 heteroatoms. The number of hydrogen-bond acceptors (Lipinski definition) is 8. The molecular weight excluding hydrogens is 292 g/mol. The third kappa shape index (κ3) is 6.14. The normalized spacial score (nSPS) is 14.2. The van der Waals surface area contributed by atoms with Crippen LogP contribution in [0.25, 0.3) is 0 Å². The van der Waals surface area contributed by atoms with E-state index in [-0.39, 0.29) is 11.5 Å². The van der Waals surface area contributed by atoms with E-state index in [0.29, 0.717) is 0 Å². The fraction of sp³-hybridized carbons (Fsp3) is 0.714. The fourth-order valence-electron chi connectivity index (χ4n) is 0.585. The molecule has 0 radical (unpaired) electrons. The summed E-state index contributed by atoms with van der Waals surface area (Å²) in [4.78, 5) is 21.9. The van der Waals surface area contributed by atoms with Crippen molar-refractivity contribution in [3.05, 3.63) is 0 Å². The minimum Gasteiger partial charge on any atom is -0.480 e. The molecule has 0 fully saturated rings. The zero-order chi connectivity index (χ0) is 12.6. The van der Waals surface area contributed by atoms with Gasteiger partial charge in [0.1, 0.15) is 10.5 Å². The van der Waals surface area contributed by atoms with Crippen LogP contribution in [0.3, 0.4) is 0 Å². The largest absolute Gasteiger partial charge is 0.480 e. The minimum absolute atomic E-state index is 0.168. The van der Waals surface area contributed by atoms with Gasteiger partial charge in [-0.2, -0.15) is 25.3 Å². The van der Waals surface area contributed by atoms with Crippen molar-refractivity contribution in [1.29, 1.82) is 0 Å². The van der Waals surface area contributed by atoms with Crippen LogP contribution in [-0.2, 0) is 14.3 Å². The first-order valence-corrected chi connectivity index (χ1v) is 7.65.